The van der Waals surface area contributed by atoms with Crippen LogP contribution >= 0.6 is 0 Å². The van der Waals surface area contributed by atoms with Gasteiger partial charge in [-0.15, -0.1) is 0 Å². The molecule has 0 heterocycles. The Morgan fingerprint density at radius 3 is 0.706 bits per heavy atom. The number of aliphatic carboxylic acids is 4. The van der Waals surface area contributed by atoms with Gasteiger partial charge in [0, 0.05) is 25.8 Å². The SMILES string of the molecule is CC(=O)O.CC(=O)O.CC(=O)[O-].CC(=O)[O-].[Zn+2]. The van der Waals surface area contributed by atoms with Crippen LogP contribution in [-0.2, 0) is 38.7 Å². The Bertz CT molecular complexity index is 162. The Hall–Kier alpha value is -1.50. The van der Waals surface area contributed by atoms with Crippen molar-refractivity contribution in [3.05, 3.63) is 0 Å². The van der Waals surface area contributed by atoms with Crippen LogP contribution in [-0.4, -0.2) is 34.1 Å². The largest absolute Gasteiger partial charge is 2.00 e. The molecular weight excluding hydrogens is 289 g/mol. The molecule has 9 heteroatoms. The van der Waals surface area contributed by atoms with E-state index >= 15 is 0 Å². The summed E-state index contributed by atoms with van der Waals surface area (Å²) in [4.78, 5) is 35.8. The zero-order valence-corrected chi connectivity index (χ0v) is 13.0. The van der Waals surface area contributed by atoms with Crippen LogP contribution in [0.3, 0.4) is 0 Å². The van der Waals surface area contributed by atoms with Gasteiger partial charge in [0.15, 0.2) is 0 Å². The molecule has 0 saturated heterocycles. The van der Waals surface area contributed by atoms with Gasteiger partial charge in [-0.2, -0.15) is 0 Å². The molecule has 0 radical (unpaired) electrons. The molecule has 0 rings (SSSR count). The first-order valence-corrected chi connectivity index (χ1v) is 3.67. The van der Waals surface area contributed by atoms with Gasteiger partial charge in [-0.25, -0.2) is 0 Å². The average molecular weight is 304 g/mol. The summed E-state index contributed by atoms with van der Waals surface area (Å²) >= 11 is 0. The minimum atomic E-state index is -1.08. The molecule has 96 valence electrons. The van der Waals surface area contributed by atoms with E-state index < -0.39 is 23.9 Å². The maximum Gasteiger partial charge on any atom is 2.00 e. The third-order valence-electron chi connectivity index (χ3n) is 0. The second-order valence-electron chi connectivity index (χ2n) is 2.02. The van der Waals surface area contributed by atoms with Crippen molar-refractivity contribution >= 4 is 23.9 Å². The predicted octanol–water partition coefficient (Wildman–Crippen LogP) is -2.31. The fourth-order valence-electron chi connectivity index (χ4n) is 0. The third-order valence-corrected chi connectivity index (χ3v) is 0. The van der Waals surface area contributed by atoms with Crippen LogP contribution in [0.2, 0.25) is 0 Å². The molecule has 0 atom stereocenters. The fraction of sp³-hybridized carbons (Fsp3) is 0.500. The Morgan fingerprint density at radius 1 is 0.706 bits per heavy atom. The van der Waals surface area contributed by atoms with Crippen LogP contribution < -0.4 is 10.2 Å². The van der Waals surface area contributed by atoms with Crippen LogP contribution in [0.5, 0.6) is 0 Å². The summed E-state index contributed by atoms with van der Waals surface area (Å²) in [6, 6.07) is 0. The molecule has 0 aliphatic carbocycles. The zero-order chi connectivity index (χ0) is 14.3. The van der Waals surface area contributed by atoms with E-state index in [1.54, 1.807) is 0 Å². The second kappa shape index (κ2) is 24.0. The third kappa shape index (κ3) is 1010. The molecule has 0 aromatic rings. The standard InChI is InChI=1S/4C2H4O2.Zn/c4*1-2(3)4;/h4*1H3,(H,3,4);/q;;;;+2/p-2. The van der Waals surface area contributed by atoms with Gasteiger partial charge in [0.25, 0.3) is 11.9 Å². The Morgan fingerprint density at radius 2 is 0.706 bits per heavy atom. The van der Waals surface area contributed by atoms with E-state index in [4.69, 9.17) is 39.6 Å². The van der Waals surface area contributed by atoms with Crippen molar-refractivity contribution in [2.45, 2.75) is 27.7 Å². The van der Waals surface area contributed by atoms with Gasteiger partial charge in [0.1, 0.15) is 0 Å². The molecule has 17 heavy (non-hydrogen) atoms. The van der Waals surface area contributed by atoms with Crippen molar-refractivity contribution in [3.63, 3.8) is 0 Å². The van der Waals surface area contributed by atoms with E-state index in [9.17, 15) is 0 Å². The molecule has 0 amide bonds. The topological polar surface area (TPSA) is 155 Å². The van der Waals surface area contributed by atoms with Crippen molar-refractivity contribution in [2.75, 3.05) is 0 Å². The maximum absolute atomic E-state index is 9.00. The number of hydrogen-bond acceptors (Lipinski definition) is 6. The van der Waals surface area contributed by atoms with E-state index in [2.05, 4.69) is 0 Å². The van der Waals surface area contributed by atoms with E-state index in [1.165, 1.54) is 0 Å². The summed E-state index contributed by atoms with van der Waals surface area (Å²) in [6.07, 6.45) is 0. The second-order valence-corrected chi connectivity index (χ2v) is 2.02. The Labute approximate surface area is 111 Å². The minimum Gasteiger partial charge on any atom is -0.550 e. The molecule has 0 saturated carbocycles. The molecule has 0 unspecified atom stereocenters. The van der Waals surface area contributed by atoms with Gasteiger partial charge in [0.05, 0.1) is 0 Å². The molecule has 0 aromatic carbocycles. The smallest absolute Gasteiger partial charge is 0.550 e. The number of carbonyl (C=O) groups excluding carboxylic acids is 2. The molecule has 0 aliphatic rings. The Balaban J connectivity index is -0.0000000369. The van der Waals surface area contributed by atoms with Crippen LogP contribution in [0.15, 0.2) is 0 Å². The number of carboxylic acids is 4. The number of carboxylic acid groups (broad SMARTS) is 4. The zero-order valence-electron chi connectivity index (χ0n) is 10.1. The quantitative estimate of drug-likeness (QED) is 0.473. The van der Waals surface area contributed by atoms with Crippen molar-refractivity contribution in [3.8, 4) is 0 Å². The van der Waals surface area contributed by atoms with Gasteiger partial charge in [-0.1, -0.05) is 0 Å². The summed E-state index contributed by atoms with van der Waals surface area (Å²) in [6.45, 7) is 4.11. The predicted molar refractivity (Wildman–Crippen MR) is 48.0 cm³/mol. The van der Waals surface area contributed by atoms with Crippen LogP contribution in [0.4, 0.5) is 0 Å². The van der Waals surface area contributed by atoms with Gasteiger partial charge in [0.2, 0.25) is 0 Å². The van der Waals surface area contributed by atoms with E-state index in [1.807, 2.05) is 0 Å². The number of rotatable bonds is 0. The summed E-state index contributed by atoms with van der Waals surface area (Å²) in [5.74, 6) is -3.83. The van der Waals surface area contributed by atoms with Crippen molar-refractivity contribution in [1.29, 1.82) is 0 Å². The first-order chi connectivity index (χ1) is 6.93. The van der Waals surface area contributed by atoms with Crippen LogP contribution in [0.25, 0.3) is 0 Å². The summed E-state index contributed by atoms with van der Waals surface area (Å²) in [5, 5.41) is 32.6. The maximum atomic E-state index is 9.00. The van der Waals surface area contributed by atoms with Crippen LogP contribution in [0.1, 0.15) is 27.7 Å². The minimum absolute atomic E-state index is 0. The van der Waals surface area contributed by atoms with Crippen LogP contribution in [0, 0.1) is 0 Å². The van der Waals surface area contributed by atoms with E-state index in [0.29, 0.717) is 0 Å². The molecule has 0 spiro atoms. The molecule has 0 fully saturated rings. The van der Waals surface area contributed by atoms with Crippen molar-refractivity contribution in [1.82, 2.24) is 0 Å². The van der Waals surface area contributed by atoms with Gasteiger partial charge in [-0.05, 0) is 13.8 Å². The number of carbonyl (C=O) groups is 4. The number of hydrogen-bond donors (Lipinski definition) is 2. The van der Waals surface area contributed by atoms with Crippen molar-refractivity contribution in [2.24, 2.45) is 0 Å². The average Bonchev–Trinajstić information content (AvgIpc) is 1.76. The van der Waals surface area contributed by atoms with E-state index in [0.717, 1.165) is 27.7 Å². The molecular formula is C8H14O8Zn. The van der Waals surface area contributed by atoms with Gasteiger partial charge < -0.3 is 30.0 Å². The normalized spacial score (nSPS) is 5.88. The van der Waals surface area contributed by atoms with Gasteiger partial charge in [-0.3, -0.25) is 9.59 Å². The first-order valence-electron chi connectivity index (χ1n) is 3.67. The summed E-state index contributed by atoms with van der Waals surface area (Å²) in [5.41, 5.74) is 0. The molecule has 2 N–H and O–H groups in total. The molecule has 8 nitrogen and oxygen atoms in total. The van der Waals surface area contributed by atoms with Crippen molar-refractivity contribution < 1.29 is 59.1 Å². The fourth-order valence-corrected chi connectivity index (χ4v) is 0. The molecule has 0 bridgehead atoms. The Kier molecular flexibility index (Phi) is 41.7. The summed E-state index contributed by atoms with van der Waals surface area (Å²) in [7, 11) is 0. The molecule has 0 aromatic heterocycles. The first kappa shape index (κ1) is 29.6. The molecule has 0 aliphatic heterocycles. The summed E-state index contributed by atoms with van der Waals surface area (Å²) < 4.78 is 0. The van der Waals surface area contributed by atoms with Gasteiger partial charge >= 0.3 is 19.5 Å². The van der Waals surface area contributed by atoms with E-state index in [-0.39, 0.29) is 19.5 Å². The monoisotopic (exact) mass is 302 g/mol.